The molecule has 1 aliphatic heterocycles. The average molecular weight is 440 g/mol. The third kappa shape index (κ3) is 4.55. The van der Waals surface area contributed by atoms with Gasteiger partial charge in [-0.05, 0) is 43.5 Å². The van der Waals surface area contributed by atoms with E-state index in [2.05, 4.69) is 10.5 Å². The van der Waals surface area contributed by atoms with Crippen LogP contribution in [0.3, 0.4) is 0 Å². The quantitative estimate of drug-likeness (QED) is 0.608. The summed E-state index contributed by atoms with van der Waals surface area (Å²) in [5.41, 5.74) is 1.46. The Hall–Kier alpha value is -2.97. The molecule has 7 nitrogen and oxygen atoms in total. The minimum atomic E-state index is -3.55. The lowest BCUT2D eigenvalue weighted by atomic mass is 10.0. The maximum atomic E-state index is 13.1. The molecule has 1 atom stereocenters. The van der Waals surface area contributed by atoms with E-state index < -0.39 is 15.9 Å². The highest BCUT2D eigenvalue weighted by Crippen LogP contribution is 2.28. The molecule has 1 fully saturated rings. The first-order valence-corrected chi connectivity index (χ1v) is 11.9. The van der Waals surface area contributed by atoms with Gasteiger partial charge in [0.25, 0.3) is 5.91 Å². The summed E-state index contributed by atoms with van der Waals surface area (Å²) in [4.78, 5) is 12.7. The fourth-order valence-electron chi connectivity index (χ4n) is 3.86. The molecule has 3 aromatic rings. The molecule has 1 N–H and O–H groups in total. The third-order valence-corrected chi connectivity index (χ3v) is 7.53. The maximum Gasteiger partial charge on any atom is 0.277 e. The maximum absolute atomic E-state index is 13.1. The topological polar surface area (TPSA) is 92.5 Å². The van der Waals surface area contributed by atoms with Gasteiger partial charge in [0.15, 0.2) is 11.5 Å². The first-order valence-electron chi connectivity index (χ1n) is 10.4. The second-order valence-electron chi connectivity index (χ2n) is 7.59. The molecule has 1 saturated heterocycles. The van der Waals surface area contributed by atoms with E-state index in [0.717, 1.165) is 31.2 Å². The number of rotatable bonds is 6. The first-order chi connectivity index (χ1) is 15.0. The van der Waals surface area contributed by atoms with E-state index in [1.807, 2.05) is 37.3 Å². The summed E-state index contributed by atoms with van der Waals surface area (Å²) in [6, 6.07) is 17.2. The lowest BCUT2D eigenvalue weighted by molar-refractivity contribution is 0.101. The van der Waals surface area contributed by atoms with E-state index in [9.17, 15) is 13.2 Å². The number of sulfonamides is 1. The van der Waals surface area contributed by atoms with Crippen molar-refractivity contribution in [3.63, 3.8) is 0 Å². The van der Waals surface area contributed by atoms with Crippen molar-refractivity contribution < 1.29 is 17.7 Å². The molecular formula is C23H25N3O4S. The number of hydrogen-bond donors (Lipinski definition) is 1. The number of amides is 1. The number of nitrogens with zero attached hydrogens (tertiary/aromatic N) is 2. The lowest BCUT2D eigenvalue weighted by Crippen LogP contribution is -2.43. The number of benzene rings is 2. The van der Waals surface area contributed by atoms with Gasteiger partial charge in [0.1, 0.15) is 0 Å². The van der Waals surface area contributed by atoms with Gasteiger partial charge in [0, 0.05) is 29.9 Å². The zero-order chi connectivity index (χ0) is 21.8. The SMILES string of the molecule is CC[C@@H]1CCCCN1S(=O)(=O)c1ccc(NC(=O)c2cc(-c3ccccc3)on2)cc1. The summed E-state index contributed by atoms with van der Waals surface area (Å²) in [6.07, 6.45) is 3.64. The molecule has 0 aliphatic carbocycles. The van der Waals surface area contributed by atoms with Crippen LogP contribution in [-0.4, -0.2) is 36.4 Å². The Balaban J connectivity index is 1.46. The number of nitrogens with one attached hydrogen (secondary N) is 1. The van der Waals surface area contributed by atoms with E-state index in [0.29, 0.717) is 18.0 Å². The monoisotopic (exact) mass is 439 g/mol. The predicted molar refractivity (Wildman–Crippen MR) is 118 cm³/mol. The number of piperidine rings is 1. The molecule has 0 spiro atoms. The van der Waals surface area contributed by atoms with Crippen molar-refractivity contribution in [3.05, 3.63) is 66.4 Å². The Morgan fingerprint density at radius 2 is 1.87 bits per heavy atom. The van der Waals surface area contributed by atoms with Crippen molar-refractivity contribution in [1.82, 2.24) is 9.46 Å². The summed E-state index contributed by atoms with van der Waals surface area (Å²) in [5.74, 6) is 0.0721. The molecule has 2 aromatic carbocycles. The van der Waals surface area contributed by atoms with Crippen molar-refractivity contribution in [1.29, 1.82) is 0 Å². The lowest BCUT2D eigenvalue weighted by Gasteiger charge is -2.34. The second kappa shape index (κ2) is 9.03. The van der Waals surface area contributed by atoms with E-state index >= 15 is 0 Å². The molecule has 0 bridgehead atoms. The molecule has 2 heterocycles. The molecule has 0 radical (unpaired) electrons. The second-order valence-corrected chi connectivity index (χ2v) is 9.49. The standard InChI is InChI=1S/C23H25N3O4S/c1-2-19-10-6-7-15-26(19)31(28,29)20-13-11-18(12-14-20)24-23(27)21-16-22(30-25-21)17-8-4-3-5-9-17/h3-5,8-9,11-14,16,19H,2,6-7,10,15H2,1H3,(H,24,27)/t19-/m1/s1. The summed E-state index contributed by atoms with van der Waals surface area (Å²) >= 11 is 0. The van der Waals surface area contributed by atoms with Gasteiger partial charge < -0.3 is 9.84 Å². The Kier molecular flexibility index (Phi) is 6.20. The van der Waals surface area contributed by atoms with Gasteiger partial charge in [-0.2, -0.15) is 4.31 Å². The third-order valence-electron chi connectivity index (χ3n) is 5.56. The Morgan fingerprint density at radius 3 is 2.58 bits per heavy atom. The molecular weight excluding hydrogens is 414 g/mol. The Labute approximate surface area is 182 Å². The van der Waals surface area contributed by atoms with Crippen LogP contribution in [0.1, 0.15) is 43.1 Å². The first kappa shape index (κ1) is 21.3. The predicted octanol–water partition coefficient (Wildman–Crippen LogP) is 4.55. The van der Waals surface area contributed by atoms with Crippen molar-refractivity contribution in [2.24, 2.45) is 0 Å². The highest BCUT2D eigenvalue weighted by Gasteiger charge is 2.32. The van der Waals surface area contributed by atoms with Gasteiger partial charge >= 0.3 is 0 Å². The van der Waals surface area contributed by atoms with Crippen LogP contribution < -0.4 is 5.32 Å². The zero-order valence-electron chi connectivity index (χ0n) is 17.3. The normalized spacial score (nSPS) is 17.4. The molecule has 0 unspecified atom stereocenters. The summed E-state index contributed by atoms with van der Waals surface area (Å²) < 4.78 is 33.0. The van der Waals surface area contributed by atoms with Gasteiger partial charge in [0.2, 0.25) is 10.0 Å². The minimum absolute atomic E-state index is 0.0455. The van der Waals surface area contributed by atoms with Crippen molar-refractivity contribution in [2.75, 3.05) is 11.9 Å². The highest BCUT2D eigenvalue weighted by molar-refractivity contribution is 7.89. The van der Waals surface area contributed by atoms with Crippen LogP contribution in [0.5, 0.6) is 0 Å². The van der Waals surface area contributed by atoms with Gasteiger partial charge in [-0.25, -0.2) is 8.42 Å². The van der Waals surface area contributed by atoms with Crippen molar-refractivity contribution in [3.8, 4) is 11.3 Å². The largest absolute Gasteiger partial charge is 0.355 e. The number of aromatic nitrogens is 1. The van der Waals surface area contributed by atoms with Crippen LogP contribution in [0.4, 0.5) is 5.69 Å². The molecule has 162 valence electrons. The van der Waals surface area contributed by atoms with E-state index in [1.165, 1.54) is 12.1 Å². The number of hydrogen-bond acceptors (Lipinski definition) is 5. The fraction of sp³-hybridized carbons (Fsp3) is 0.304. The molecule has 1 aromatic heterocycles. The van der Waals surface area contributed by atoms with Crippen LogP contribution >= 0.6 is 0 Å². The van der Waals surface area contributed by atoms with Crippen LogP contribution in [0.15, 0.2) is 70.1 Å². The van der Waals surface area contributed by atoms with Gasteiger partial charge in [-0.1, -0.05) is 48.8 Å². The van der Waals surface area contributed by atoms with Crippen LogP contribution in [0.25, 0.3) is 11.3 Å². The van der Waals surface area contributed by atoms with E-state index in [-0.39, 0.29) is 16.6 Å². The fourth-order valence-corrected chi connectivity index (χ4v) is 5.63. The molecule has 8 heteroatoms. The smallest absolute Gasteiger partial charge is 0.277 e. The number of anilines is 1. The van der Waals surface area contributed by atoms with Crippen LogP contribution in [0.2, 0.25) is 0 Å². The van der Waals surface area contributed by atoms with Crippen molar-refractivity contribution >= 4 is 21.6 Å². The molecule has 1 aliphatic rings. The van der Waals surface area contributed by atoms with Crippen molar-refractivity contribution in [2.45, 2.75) is 43.5 Å². The van der Waals surface area contributed by atoms with Gasteiger partial charge in [0.05, 0.1) is 4.90 Å². The Bertz CT molecular complexity index is 1140. The molecule has 0 saturated carbocycles. The summed E-state index contributed by atoms with van der Waals surface area (Å²) in [7, 11) is -3.55. The van der Waals surface area contributed by atoms with Gasteiger partial charge in [-0.15, -0.1) is 0 Å². The molecule has 4 rings (SSSR count). The number of carbonyl (C=O) groups excluding carboxylic acids is 1. The number of carbonyl (C=O) groups is 1. The average Bonchev–Trinajstić information content (AvgIpc) is 3.30. The van der Waals surface area contributed by atoms with Crippen LogP contribution in [0, 0.1) is 0 Å². The summed E-state index contributed by atoms with van der Waals surface area (Å²) in [6.45, 7) is 2.57. The zero-order valence-corrected chi connectivity index (χ0v) is 18.1. The molecule has 31 heavy (non-hydrogen) atoms. The highest BCUT2D eigenvalue weighted by atomic mass is 32.2. The van der Waals surface area contributed by atoms with E-state index in [4.69, 9.17) is 4.52 Å². The van der Waals surface area contributed by atoms with Crippen LogP contribution in [-0.2, 0) is 10.0 Å². The summed E-state index contributed by atoms with van der Waals surface area (Å²) in [5, 5.41) is 6.57. The molecule has 1 amide bonds. The Morgan fingerprint density at radius 1 is 1.13 bits per heavy atom. The van der Waals surface area contributed by atoms with Gasteiger partial charge in [-0.3, -0.25) is 4.79 Å². The minimum Gasteiger partial charge on any atom is -0.355 e. The van der Waals surface area contributed by atoms with E-state index in [1.54, 1.807) is 22.5 Å².